The molecule has 0 bridgehead atoms. The predicted molar refractivity (Wildman–Crippen MR) is 67.4 cm³/mol. The first kappa shape index (κ1) is 12.4. The van der Waals surface area contributed by atoms with Gasteiger partial charge in [0.15, 0.2) is 0 Å². The monoisotopic (exact) mass is 225 g/mol. The van der Waals surface area contributed by atoms with Crippen LogP contribution in [0.3, 0.4) is 0 Å². The molecule has 2 aliphatic rings. The Kier molecular flexibility index (Phi) is 3.91. The average Bonchev–Trinajstić information content (AvgIpc) is 2.69. The summed E-state index contributed by atoms with van der Waals surface area (Å²) in [6, 6.07) is 0. The van der Waals surface area contributed by atoms with Crippen molar-refractivity contribution >= 4 is 0 Å². The zero-order valence-electron chi connectivity index (χ0n) is 10.9. The molecule has 94 valence electrons. The number of rotatable bonds is 3. The molecule has 2 heteroatoms. The van der Waals surface area contributed by atoms with E-state index in [1.54, 1.807) is 0 Å². The van der Waals surface area contributed by atoms with Crippen molar-refractivity contribution in [2.24, 2.45) is 17.3 Å². The van der Waals surface area contributed by atoms with E-state index in [0.717, 1.165) is 12.5 Å². The summed E-state index contributed by atoms with van der Waals surface area (Å²) in [6.45, 7) is 8.82. The van der Waals surface area contributed by atoms with Gasteiger partial charge >= 0.3 is 0 Å². The zero-order valence-corrected chi connectivity index (χ0v) is 10.9. The molecule has 1 N–H and O–H groups in total. The molecule has 1 heterocycles. The highest BCUT2D eigenvalue weighted by Gasteiger charge is 2.29. The van der Waals surface area contributed by atoms with E-state index in [1.165, 1.54) is 45.2 Å². The average molecular weight is 225 g/mol. The summed E-state index contributed by atoms with van der Waals surface area (Å²) in [5, 5.41) is 9.13. The minimum absolute atomic E-state index is 0.383. The summed E-state index contributed by atoms with van der Waals surface area (Å²) < 4.78 is 0. The van der Waals surface area contributed by atoms with Gasteiger partial charge in [0.2, 0.25) is 0 Å². The number of nitrogens with zero attached hydrogens (tertiary/aromatic N) is 1. The fourth-order valence-electron chi connectivity index (χ4n) is 3.23. The van der Waals surface area contributed by atoms with Gasteiger partial charge in [0, 0.05) is 19.7 Å². The van der Waals surface area contributed by atoms with Crippen LogP contribution in [0.4, 0.5) is 0 Å². The van der Waals surface area contributed by atoms with E-state index < -0.39 is 0 Å². The van der Waals surface area contributed by atoms with Crippen LogP contribution in [-0.4, -0.2) is 36.2 Å². The fourth-order valence-corrected chi connectivity index (χ4v) is 3.23. The van der Waals surface area contributed by atoms with Crippen LogP contribution in [0.5, 0.6) is 0 Å². The molecule has 2 nitrogen and oxygen atoms in total. The van der Waals surface area contributed by atoms with Crippen molar-refractivity contribution in [3.8, 4) is 0 Å². The van der Waals surface area contributed by atoms with Gasteiger partial charge in [-0.15, -0.1) is 0 Å². The molecule has 1 atom stereocenters. The van der Waals surface area contributed by atoms with Crippen LogP contribution in [0, 0.1) is 17.3 Å². The topological polar surface area (TPSA) is 23.5 Å². The van der Waals surface area contributed by atoms with Crippen LogP contribution < -0.4 is 0 Å². The third kappa shape index (κ3) is 3.21. The highest BCUT2D eigenvalue weighted by molar-refractivity contribution is 4.82. The van der Waals surface area contributed by atoms with Gasteiger partial charge in [-0.2, -0.15) is 0 Å². The molecule has 0 amide bonds. The Hall–Kier alpha value is -0.0800. The first-order chi connectivity index (χ1) is 7.59. The lowest BCUT2D eigenvalue weighted by Gasteiger charge is -2.36. The van der Waals surface area contributed by atoms with E-state index >= 15 is 0 Å². The maximum Gasteiger partial charge on any atom is 0.0471 e. The van der Waals surface area contributed by atoms with Crippen LogP contribution in [0.15, 0.2) is 0 Å². The van der Waals surface area contributed by atoms with Crippen molar-refractivity contribution in [2.75, 3.05) is 26.2 Å². The normalized spacial score (nSPS) is 32.1. The molecule has 1 saturated carbocycles. The Morgan fingerprint density at radius 1 is 1.12 bits per heavy atom. The van der Waals surface area contributed by atoms with Crippen molar-refractivity contribution in [1.29, 1.82) is 0 Å². The summed E-state index contributed by atoms with van der Waals surface area (Å²) in [6.07, 6.45) is 6.82. The van der Waals surface area contributed by atoms with Crippen molar-refractivity contribution in [2.45, 2.75) is 46.0 Å². The van der Waals surface area contributed by atoms with E-state index in [1.807, 2.05) is 0 Å². The van der Waals surface area contributed by atoms with Crippen molar-refractivity contribution in [3.63, 3.8) is 0 Å². The van der Waals surface area contributed by atoms with Crippen LogP contribution in [-0.2, 0) is 0 Å². The molecule has 0 aromatic heterocycles. The zero-order chi connectivity index (χ0) is 11.6. The number of aliphatic hydroxyl groups excluding tert-OH is 1. The van der Waals surface area contributed by atoms with Gasteiger partial charge in [-0.3, -0.25) is 0 Å². The Morgan fingerprint density at radius 2 is 1.81 bits per heavy atom. The summed E-state index contributed by atoms with van der Waals surface area (Å²) in [5.41, 5.74) is 0.592. The smallest absolute Gasteiger partial charge is 0.0471 e. The Morgan fingerprint density at radius 3 is 2.38 bits per heavy atom. The molecule has 1 unspecified atom stereocenters. The second-order valence-corrected chi connectivity index (χ2v) is 6.70. The lowest BCUT2D eigenvalue weighted by atomic mass is 9.73. The Balaban J connectivity index is 1.71. The van der Waals surface area contributed by atoms with Gasteiger partial charge in [0.05, 0.1) is 0 Å². The van der Waals surface area contributed by atoms with Gasteiger partial charge in [-0.1, -0.05) is 13.8 Å². The van der Waals surface area contributed by atoms with Crippen LogP contribution in [0.1, 0.15) is 46.0 Å². The van der Waals surface area contributed by atoms with E-state index in [4.69, 9.17) is 5.11 Å². The minimum Gasteiger partial charge on any atom is -0.396 e. The maximum atomic E-state index is 9.13. The highest BCUT2D eigenvalue weighted by atomic mass is 16.3. The lowest BCUT2D eigenvalue weighted by Crippen LogP contribution is -2.32. The third-order valence-corrected chi connectivity index (χ3v) is 4.60. The van der Waals surface area contributed by atoms with Gasteiger partial charge in [-0.05, 0) is 55.9 Å². The molecule has 0 radical (unpaired) electrons. The van der Waals surface area contributed by atoms with Crippen LogP contribution in [0.2, 0.25) is 0 Å². The lowest BCUT2D eigenvalue weighted by molar-refractivity contribution is 0.150. The first-order valence-electron chi connectivity index (χ1n) is 6.92. The van der Waals surface area contributed by atoms with E-state index in [9.17, 15) is 0 Å². The summed E-state index contributed by atoms with van der Waals surface area (Å²) >= 11 is 0. The predicted octanol–water partition coefficient (Wildman–Crippen LogP) is 2.52. The molecule has 0 spiro atoms. The summed E-state index contributed by atoms with van der Waals surface area (Å²) in [4.78, 5) is 2.57. The molecule has 1 saturated heterocycles. The second-order valence-electron chi connectivity index (χ2n) is 6.70. The molecule has 1 aliphatic carbocycles. The van der Waals surface area contributed by atoms with Crippen LogP contribution in [0.25, 0.3) is 0 Å². The third-order valence-electron chi connectivity index (χ3n) is 4.60. The largest absolute Gasteiger partial charge is 0.396 e. The van der Waals surface area contributed by atoms with Crippen molar-refractivity contribution in [3.05, 3.63) is 0 Å². The number of hydrogen-bond donors (Lipinski definition) is 1. The van der Waals surface area contributed by atoms with Crippen LogP contribution >= 0.6 is 0 Å². The fraction of sp³-hybridized carbons (Fsp3) is 1.00. The quantitative estimate of drug-likeness (QED) is 0.798. The Bertz CT molecular complexity index is 217. The maximum absolute atomic E-state index is 9.13. The van der Waals surface area contributed by atoms with Crippen molar-refractivity contribution < 1.29 is 5.11 Å². The van der Waals surface area contributed by atoms with Gasteiger partial charge < -0.3 is 10.0 Å². The number of hydrogen-bond acceptors (Lipinski definition) is 2. The minimum atomic E-state index is 0.383. The first-order valence-corrected chi connectivity index (χ1v) is 6.92. The molecule has 2 rings (SSSR count). The van der Waals surface area contributed by atoms with E-state index in [0.29, 0.717) is 17.9 Å². The van der Waals surface area contributed by atoms with E-state index in [2.05, 4.69) is 18.7 Å². The summed E-state index contributed by atoms with van der Waals surface area (Å²) in [7, 11) is 0. The number of aliphatic hydroxyl groups is 1. The Labute approximate surface area is 100 Å². The molecular weight excluding hydrogens is 198 g/mol. The molecule has 0 aromatic carbocycles. The van der Waals surface area contributed by atoms with E-state index in [-0.39, 0.29) is 0 Å². The molecule has 0 aromatic rings. The SMILES string of the molecule is CC1(C)CCC(CN2CCC(CO)C2)CC1. The van der Waals surface area contributed by atoms with Gasteiger partial charge in [-0.25, -0.2) is 0 Å². The highest BCUT2D eigenvalue weighted by Crippen LogP contribution is 2.38. The molecule has 16 heavy (non-hydrogen) atoms. The van der Waals surface area contributed by atoms with Gasteiger partial charge in [0.1, 0.15) is 0 Å². The second kappa shape index (κ2) is 5.05. The number of likely N-dealkylation sites (tertiary alicyclic amines) is 1. The van der Waals surface area contributed by atoms with Gasteiger partial charge in [0.25, 0.3) is 0 Å². The molecule has 2 fully saturated rings. The van der Waals surface area contributed by atoms with Crippen molar-refractivity contribution in [1.82, 2.24) is 4.90 Å². The standard InChI is InChI=1S/C14H27NO/c1-14(2)6-3-12(4-7-14)9-15-8-5-13(10-15)11-16/h12-13,16H,3-11H2,1-2H3. The molecule has 1 aliphatic heterocycles. The summed E-state index contributed by atoms with van der Waals surface area (Å²) in [5.74, 6) is 1.48. The molecular formula is C14H27NO.